The number of hydrogen-bond donors (Lipinski definition) is 1. The van der Waals surface area contributed by atoms with Gasteiger partial charge in [0, 0.05) is 11.3 Å². The Labute approximate surface area is 95.6 Å². The van der Waals surface area contributed by atoms with E-state index < -0.39 is 5.97 Å². The van der Waals surface area contributed by atoms with Crippen LogP contribution in [0.25, 0.3) is 0 Å². The van der Waals surface area contributed by atoms with Crippen LogP contribution in [0, 0.1) is 20.8 Å². The minimum Gasteiger partial charge on any atom is -0.478 e. The van der Waals surface area contributed by atoms with Crippen LogP contribution >= 0.6 is 0 Å². The highest BCUT2D eigenvalue weighted by Crippen LogP contribution is 2.11. The van der Waals surface area contributed by atoms with E-state index in [2.05, 4.69) is 5.10 Å². The van der Waals surface area contributed by atoms with Gasteiger partial charge in [-0.15, -0.1) is 0 Å². The van der Waals surface area contributed by atoms with Crippen molar-refractivity contribution in [1.29, 1.82) is 0 Å². The summed E-state index contributed by atoms with van der Waals surface area (Å²) in [5, 5.41) is 13.2. The molecular formula is C12H18N2O2. The number of aliphatic carboxylic acids is 1. The fourth-order valence-electron chi connectivity index (χ4n) is 1.54. The zero-order chi connectivity index (χ0) is 12.3. The summed E-state index contributed by atoms with van der Waals surface area (Å²) in [5.74, 6) is -0.847. The Morgan fingerprint density at radius 2 is 2.06 bits per heavy atom. The van der Waals surface area contributed by atoms with Gasteiger partial charge in [-0.05, 0) is 32.8 Å². The lowest BCUT2D eigenvalue weighted by molar-refractivity contribution is -0.132. The Hall–Kier alpha value is -1.58. The van der Waals surface area contributed by atoms with Gasteiger partial charge in [0.2, 0.25) is 0 Å². The molecule has 0 spiro atoms. The number of hydrogen-bond acceptors (Lipinski definition) is 2. The SMILES string of the molecule is CCC(=CCn1nc(C)c(C)c1C)C(=O)O. The predicted octanol–water partition coefficient (Wildman–Crippen LogP) is 2.23. The van der Waals surface area contributed by atoms with Crippen LogP contribution in [0.15, 0.2) is 11.6 Å². The smallest absolute Gasteiger partial charge is 0.331 e. The molecule has 0 amide bonds. The summed E-state index contributed by atoms with van der Waals surface area (Å²) in [6.45, 7) is 8.34. The van der Waals surface area contributed by atoms with Gasteiger partial charge in [0.05, 0.1) is 12.2 Å². The van der Waals surface area contributed by atoms with Gasteiger partial charge in [0.25, 0.3) is 0 Å². The molecule has 0 radical (unpaired) electrons. The molecule has 0 atom stereocenters. The third kappa shape index (κ3) is 2.51. The number of aromatic nitrogens is 2. The fourth-order valence-corrected chi connectivity index (χ4v) is 1.54. The van der Waals surface area contributed by atoms with E-state index >= 15 is 0 Å². The maximum absolute atomic E-state index is 10.8. The highest BCUT2D eigenvalue weighted by atomic mass is 16.4. The summed E-state index contributed by atoms with van der Waals surface area (Å²) in [5.41, 5.74) is 3.70. The lowest BCUT2D eigenvalue weighted by Gasteiger charge is -2.02. The lowest BCUT2D eigenvalue weighted by Crippen LogP contribution is -2.05. The van der Waals surface area contributed by atoms with Crippen LogP contribution in [0.3, 0.4) is 0 Å². The standard InChI is InChI=1S/C12H18N2O2/c1-5-11(12(15)16)6-7-14-10(4)8(2)9(3)13-14/h6H,5,7H2,1-4H3,(H,15,16). The largest absolute Gasteiger partial charge is 0.478 e. The molecule has 1 rings (SSSR count). The Balaban J connectivity index is 2.89. The topological polar surface area (TPSA) is 55.1 Å². The van der Waals surface area contributed by atoms with E-state index in [1.807, 2.05) is 32.4 Å². The molecule has 1 heterocycles. The van der Waals surface area contributed by atoms with Gasteiger partial charge in [-0.3, -0.25) is 4.68 Å². The third-order valence-electron chi connectivity index (χ3n) is 2.91. The van der Waals surface area contributed by atoms with Gasteiger partial charge < -0.3 is 5.11 Å². The van der Waals surface area contributed by atoms with Crippen LogP contribution in [-0.4, -0.2) is 20.9 Å². The molecule has 0 unspecified atom stereocenters. The van der Waals surface area contributed by atoms with Crippen molar-refractivity contribution in [3.05, 3.63) is 28.6 Å². The Morgan fingerprint density at radius 3 is 2.44 bits per heavy atom. The molecular weight excluding hydrogens is 204 g/mol. The molecule has 0 saturated heterocycles. The average Bonchev–Trinajstić information content (AvgIpc) is 2.47. The van der Waals surface area contributed by atoms with Gasteiger partial charge in [0.1, 0.15) is 0 Å². The summed E-state index contributed by atoms with van der Waals surface area (Å²) in [7, 11) is 0. The van der Waals surface area contributed by atoms with E-state index in [1.54, 1.807) is 6.08 Å². The zero-order valence-electron chi connectivity index (χ0n) is 10.2. The molecule has 1 N–H and O–H groups in total. The maximum Gasteiger partial charge on any atom is 0.331 e. The quantitative estimate of drug-likeness (QED) is 0.795. The molecule has 0 aromatic carbocycles. The molecule has 88 valence electrons. The van der Waals surface area contributed by atoms with E-state index in [-0.39, 0.29) is 0 Å². The first-order valence-corrected chi connectivity index (χ1v) is 5.40. The molecule has 1 aromatic rings. The third-order valence-corrected chi connectivity index (χ3v) is 2.91. The van der Waals surface area contributed by atoms with Crippen molar-refractivity contribution in [1.82, 2.24) is 9.78 Å². The number of carboxylic acids is 1. The molecule has 4 nitrogen and oxygen atoms in total. The van der Waals surface area contributed by atoms with Gasteiger partial charge in [-0.2, -0.15) is 5.10 Å². The average molecular weight is 222 g/mol. The molecule has 0 bridgehead atoms. The number of nitrogens with zero attached hydrogens (tertiary/aromatic N) is 2. The van der Waals surface area contributed by atoms with Crippen LogP contribution in [0.2, 0.25) is 0 Å². The molecule has 0 saturated carbocycles. The summed E-state index contributed by atoms with van der Waals surface area (Å²) >= 11 is 0. The Bertz CT molecular complexity index is 430. The van der Waals surface area contributed by atoms with Crippen molar-refractivity contribution in [2.45, 2.75) is 40.7 Å². The van der Waals surface area contributed by atoms with E-state index in [0.717, 1.165) is 11.4 Å². The fraction of sp³-hybridized carbons (Fsp3) is 0.500. The van der Waals surface area contributed by atoms with Gasteiger partial charge in [-0.1, -0.05) is 13.0 Å². The van der Waals surface area contributed by atoms with Crippen LogP contribution in [-0.2, 0) is 11.3 Å². The molecule has 1 aromatic heterocycles. The van der Waals surface area contributed by atoms with Crippen molar-refractivity contribution in [2.75, 3.05) is 0 Å². The molecule has 0 aliphatic heterocycles. The number of rotatable bonds is 4. The van der Waals surface area contributed by atoms with Crippen LogP contribution in [0.5, 0.6) is 0 Å². The van der Waals surface area contributed by atoms with Crippen molar-refractivity contribution >= 4 is 5.97 Å². The number of carboxylic acid groups (broad SMARTS) is 1. The van der Waals surface area contributed by atoms with Crippen molar-refractivity contribution in [3.63, 3.8) is 0 Å². The minimum absolute atomic E-state index is 0.435. The van der Waals surface area contributed by atoms with Gasteiger partial charge >= 0.3 is 5.97 Å². The second kappa shape index (κ2) is 4.96. The second-order valence-electron chi connectivity index (χ2n) is 3.87. The second-order valence-corrected chi connectivity index (χ2v) is 3.87. The molecule has 16 heavy (non-hydrogen) atoms. The van der Waals surface area contributed by atoms with E-state index in [9.17, 15) is 4.79 Å². The summed E-state index contributed by atoms with van der Waals surface area (Å²) < 4.78 is 1.84. The summed E-state index contributed by atoms with van der Waals surface area (Å²) in [4.78, 5) is 10.8. The predicted molar refractivity (Wildman–Crippen MR) is 62.4 cm³/mol. The normalized spacial score (nSPS) is 11.9. The summed E-state index contributed by atoms with van der Waals surface area (Å²) in [6, 6.07) is 0. The summed E-state index contributed by atoms with van der Waals surface area (Å²) in [6.07, 6.45) is 2.26. The highest BCUT2D eigenvalue weighted by Gasteiger charge is 2.07. The van der Waals surface area contributed by atoms with Crippen molar-refractivity contribution in [3.8, 4) is 0 Å². The van der Waals surface area contributed by atoms with Crippen LogP contribution in [0.1, 0.15) is 30.3 Å². The number of allylic oxidation sites excluding steroid dienone is 1. The first-order valence-electron chi connectivity index (χ1n) is 5.40. The first kappa shape index (κ1) is 12.5. The van der Waals surface area contributed by atoms with E-state index in [0.29, 0.717) is 18.5 Å². The van der Waals surface area contributed by atoms with Gasteiger partial charge in [-0.25, -0.2) is 4.79 Å². The van der Waals surface area contributed by atoms with Crippen molar-refractivity contribution in [2.24, 2.45) is 0 Å². The van der Waals surface area contributed by atoms with E-state index in [4.69, 9.17) is 5.11 Å². The molecule has 0 aliphatic rings. The van der Waals surface area contributed by atoms with E-state index in [1.165, 1.54) is 5.56 Å². The maximum atomic E-state index is 10.8. The monoisotopic (exact) mass is 222 g/mol. The number of aryl methyl sites for hydroxylation is 1. The van der Waals surface area contributed by atoms with Crippen LogP contribution < -0.4 is 0 Å². The highest BCUT2D eigenvalue weighted by molar-refractivity contribution is 5.86. The molecule has 4 heteroatoms. The Kier molecular flexibility index (Phi) is 3.88. The molecule has 0 fully saturated rings. The van der Waals surface area contributed by atoms with Crippen LogP contribution in [0.4, 0.5) is 0 Å². The first-order chi connectivity index (χ1) is 7.47. The Morgan fingerprint density at radius 1 is 1.44 bits per heavy atom. The lowest BCUT2D eigenvalue weighted by atomic mass is 10.2. The molecule has 0 aliphatic carbocycles. The van der Waals surface area contributed by atoms with Gasteiger partial charge in [0.15, 0.2) is 0 Å². The zero-order valence-corrected chi connectivity index (χ0v) is 10.2. The minimum atomic E-state index is -0.847. The number of carbonyl (C=O) groups is 1. The van der Waals surface area contributed by atoms with Crippen molar-refractivity contribution < 1.29 is 9.90 Å².